The number of piperidine rings is 1. The largest absolute Gasteiger partial charge is 0.354 e. The molecule has 8 nitrogen and oxygen atoms in total. The molecular weight excluding hydrogens is 499 g/mol. The molecule has 11 heteroatoms. The lowest BCUT2D eigenvalue weighted by Crippen LogP contribution is -2.49. The molecule has 1 saturated heterocycles. The second-order valence-corrected chi connectivity index (χ2v) is 9.50. The van der Waals surface area contributed by atoms with Crippen LogP contribution in [0.4, 0.5) is 5.13 Å². The molecule has 0 atom stereocenters. The highest BCUT2D eigenvalue weighted by atomic mass is 127. The second kappa shape index (κ2) is 11.4. The summed E-state index contributed by atoms with van der Waals surface area (Å²) in [6.07, 6.45) is 2.22. The third-order valence-electron chi connectivity index (χ3n) is 4.23. The van der Waals surface area contributed by atoms with Crippen LogP contribution < -0.4 is 15.5 Å². The Kier molecular flexibility index (Phi) is 10.3. The van der Waals surface area contributed by atoms with Crippen LogP contribution in [0.5, 0.6) is 0 Å². The van der Waals surface area contributed by atoms with E-state index in [2.05, 4.69) is 20.6 Å². The van der Waals surface area contributed by atoms with Crippen molar-refractivity contribution in [2.75, 3.05) is 44.9 Å². The fourth-order valence-corrected chi connectivity index (χ4v) is 5.11. The predicted molar refractivity (Wildman–Crippen MR) is 124 cm³/mol. The number of hydrogen-bond donors (Lipinski definition) is 2. The van der Waals surface area contributed by atoms with E-state index in [1.54, 1.807) is 22.7 Å². The second-order valence-electron chi connectivity index (χ2n) is 6.58. The Hall–Kier alpha value is -0.660. The zero-order chi connectivity index (χ0) is 19.2. The van der Waals surface area contributed by atoms with Gasteiger partial charge in [-0.05, 0) is 19.3 Å². The summed E-state index contributed by atoms with van der Waals surface area (Å²) in [4.78, 5) is 10.8. The zero-order valence-corrected chi connectivity index (χ0v) is 20.4. The summed E-state index contributed by atoms with van der Waals surface area (Å²) in [5, 5.41) is 9.68. The minimum atomic E-state index is -3.09. The van der Waals surface area contributed by atoms with Crippen LogP contribution in [0, 0.1) is 0 Å². The number of aliphatic imine (C=N–C) groups is 1. The first-order valence-corrected chi connectivity index (χ1v) is 11.4. The van der Waals surface area contributed by atoms with Gasteiger partial charge in [0.15, 0.2) is 11.1 Å². The lowest BCUT2D eigenvalue weighted by molar-refractivity contribution is 0.306. The van der Waals surface area contributed by atoms with Crippen LogP contribution in [0.15, 0.2) is 10.4 Å². The van der Waals surface area contributed by atoms with Crippen molar-refractivity contribution in [3.8, 4) is 0 Å². The van der Waals surface area contributed by atoms with Gasteiger partial charge in [0, 0.05) is 45.7 Å². The lowest BCUT2D eigenvalue weighted by atomic mass is 10.1. The normalized spacial score (nSPS) is 16.7. The number of aromatic nitrogens is 1. The average Bonchev–Trinajstić information content (AvgIpc) is 3.08. The Morgan fingerprint density at radius 2 is 2.07 bits per heavy atom. The molecule has 0 saturated carbocycles. The Bertz CT molecular complexity index is 700. The van der Waals surface area contributed by atoms with Crippen LogP contribution in [0.25, 0.3) is 0 Å². The van der Waals surface area contributed by atoms with Crippen LogP contribution >= 0.6 is 35.3 Å². The van der Waals surface area contributed by atoms with Crippen molar-refractivity contribution < 1.29 is 8.42 Å². The van der Waals surface area contributed by atoms with Gasteiger partial charge in [-0.1, -0.05) is 6.92 Å². The molecule has 0 amide bonds. The van der Waals surface area contributed by atoms with Crippen LogP contribution in [0.2, 0.25) is 0 Å². The SMILES string of the molecule is CCCS(=O)(=O)N1CCC(NC(=NC)NCc2csc(N(C)C)n2)CC1.I. The maximum absolute atomic E-state index is 12.1. The van der Waals surface area contributed by atoms with Crippen molar-refractivity contribution in [2.24, 2.45) is 4.99 Å². The highest BCUT2D eigenvalue weighted by Crippen LogP contribution is 2.18. The maximum atomic E-state index is 12.1. The Morgan fingerprint density at radius 3 is 2.59 bits per heavy atom. The van der Waals surface area contributed by atoms with E-state index in [0.29, 0.717) is 26.1 Å². The minimum Gasteiger partial charge on any atom is -0.354 e. The zero-order valence-electron chi connectivity index (χ0n) is 16.4. The molecular formula is C16H31IN6O2S2. The fraction of sp³-hybridized carbons (Fsp3) is 0.750. The summed E-state index contributed by atoms with van der Waals surface area (Å²) < 4.78 is 25.9. The van der Waals surface area contributed by atoms with Crippen LogP contribution in [0.1, 0.15) is 31.9 Å². The number of nitrogens with one attached hydrogen (secondary N) is 2. The molecule has 2 rings (SSSR count). The first-order valence-electron chi connectivity index (χ1n) is 8.92. The highest BCUT2D eigenvalue weighted by Gasteiger charge is 2.27. The van der Waals surface area contributed by atoms with Gasteiger partial charge >= 0.3 is 0 Å². The quantitative estimate of drug-likeness (QED) is 0.317. The monoisotopic (exact) mass is 530 g/mol. The van der Waals surface area contributed by atoms with Gasteiger partial charge in [0.1, 0.15) is 0 Å². The molecule has 2 heterocycles. The van der Waals surface area contributed by atoms with Crippen molar-refractivity contribution in [2.45, 2.75) is 38.8 Å². The fourth-order valence-electron chi connectivity index (χ4n) is 2.81. The molecule has 27 heavy (non-hydrogen) atoms. The van der Waals surface area contributed by atoms with Gasteiger partial charge in [0.2, 0.25) is 10.0 Å². The summed E-state index contributed by atoms with van der Waals surface area (Å²) >= 11 is 1.61. The molecule has 1 aromatic heterocycles. The first kappa shape index (κ1) is 24.4. The number of sulfonamides is 1. The molecule has 156 valence electrons. The molecule has 1 aliphatic rings. The number of halogens is 1. The van der Waals surface area contributed by atoms with Crippen molar-refractivity contribution in [1.82, 2.24) is 19.9 Å². The van der Waals surface area contributed by atoms with Crippen molar-refractivity contribution in [3.05, 3.63) is 11.1 Å². The molecule has 1 aliphatic heterocycles. The average molecular weight is 531 g/mol. The summed E-state index contributed by atoms with van der Waals surface area (Å²) in [7, 11) is 2.60. The van der Waals surface area contributed by atoms with E-state index in [0.717, 1.165) is 29.6 Å². The standard InChI is InChI=1S/C16H30N6O2S2.HI/c1-5-10-26(23,24)22-8-6-13(7-9-22)19-15(17-2)18-11-14-12-25-16(20-14)21(3)4;/h12-13H,5-11H2,1-4H3,(H2,17,18,19);1H. The number of hydrogen-bond acceptors (Lipinski definition) is 6. The minimum absolute atomic E-state index is 0. The van der Waals surface area contributed by atoms with Gasteiger partial charge in [-0.3, -0.25) is 4.99 Å². The molecule has 0 aliphatic carbocycles. The van der Waals surface area contributed by atoms with E-state index in [1.807, 2.05) is 31.3 Å². The van der Waals surface area contributed by atoms with E-state index in [-0.39, 0.29) is 35.8 Å². The molecule has 0 bridgehead atoms. The summed E-state index contributed by atoms with van der Waals surface area (Å²) in [5.41, 5.74) is 0.974. The molecule has 0 unspecified atom stereocenters. The Morgan fingerprint density at radius 1 is 1.41 bits per heavy atom. The van der Waals surface area contributed by atoms with Crippen molar-refractivity contribution >= 4 is 56.4 Å². The molecule has 0 spiro atoms. The van der Waals surface area contributed by atoms with Gasteiger partial charge in [-0.15, -0.1) is 35.3 Å². The molecule has 0 radical (unpaired) electrons. The summed E-state index contributed by atoms with van der Waals surface area (Å²) in [6.45, 7) is 3.63. The third-order valence-corrected chi connectivity index (χ3v) is 7.37. The molecule has 0 aromatic carbocycles. The number of nitrogens with zero attached hydrogens (tertiary/aromatic N) is 4. The number of thiazole rings is 1. The first-order chi connectivity index (χ1) is 12.4. The lowest BCUT2D eigenvalue weighted by Gasteiger charge is -2.32. The van der Waals surface area contributed by atoms with Gasteiger partial charge < -0.3 is 15.5 Å². The molecule has 1 aromatic rings. The van der Waals surface area contributed by atoms with Gasteiger partial charge in [-0.25, -0.2) is 17.7 Å². The van der Waals surface area contributed by atoms with E-state index >= 15 is 0 Å². The van der Waals surface area contributed by atoms with Gasteiger partial charge in [0.25, 0.3) is 0 Å². The van der Waals surface area contributed by atoms with E-state index < -0.39 is 10.0 Å². The number of rotatable bonds is 7. The third kappa shape index (κ3) is 7.35. The van der Waals surface area contributed by atoms with Gasteiger partial charge in [-0.2, -0.15) is 0 Å². The van der Waals surface area contributed by atoms with Crippen molar-refractivity contribution in [1.29, 1.82) is 0 Å². The highest BCUT2D eigenvalue weighted by molar-refractivity contribution is 14.0. The summed E-state index contributed by atoms with van der Waals surface area (Å²) in [6, 6.07) is 0.224. The van der Waals surface area contributed by atoms with E-state index in [4.69, 9.17) is 0 Å². The van der Waals surface area contributed by atoms with Crippen LogP contribution in [-0.2, 0) is 16.6 Å². The topological polar surface area (TPSA) is 89.9 Å². The van der Waals surface area contributed by atoms with Gasteiger partial charge in [0.05, 0.1) is 18.0 Å². The summed E-state index contributed by atoms with van der Waals surface area (Å²) in [5.74, 6) is 0.955. The smallest absolute Gasteiger partial charge is 0.214 e. The van der Waals surface area contributed by atoms with Crippen LogP contribution in [0.3, 0.4) is 0 Å². The Balaban J connectivity index is 0.00000364. The predicted octanol–water partition coefficient (Wildman–Crippen LogP) is 1.70. The molecule has 2 N–H and O–H groups in total. The van der Waals surface area contributed by atoms with E-state index in [1.165, 1.54) is 0 Å². The number of anilines is 1. The van der Waals surface area contributed by atoms with Crippen LogP contribution in [-0.4, -0.2) is 69.7 Å². The maximum Gasteiger partial charge on any atom is 0.214 e. The van der Waals surface area contributed by atoms with Crippen molar-refractivity contribution in [3.63, 3.8) is 0 Å². The van der Waals surface area contributed by atoms with E-state index in [9.17, 15) is 8.42 Å². The number of guanidine groups is 1. The molecule has 1 fully saturated rings. The Labute approximate surface area is 183 Å².